The average molecular weight is 312 g/mol. The van der Waals surface area contributed by atoms with Crippen LogP contribution in [0.15, 0.2) is 18.2 Å². The molecule has 2 saturated heterocycles. The highest BCUT2D eigenvalue weighted by Crippen LogP contribution is 2.51. The Labute approximate surface area is 125 Å². The Morgan fingerprint density at radius 3 is 2.81 bits per heavy atom. The van der Waals surface area contributed by atoms with Crippen LogP contribution < -0.4 is 0 Å². The average Bonchev–Trinajstić information content (AvgIpc) is 3.01. The molecule has 2 aliphatic heterocycles. The third-order valence-electron chi connectivity index (χ3n) is 4.52. The number of carbonyl (C=O) groups is 1. The van der Waals surface area contributed by atoms with Crippen molar-refractivity contribution in [1.29, 1.82) is 0 Å². The molecule has 0 aromatic heterocycles. The SMILES string of the molecule is O=C(O)C1(Cc2c(Cl)cccc2[N+](=O)[O-])CC2CCC1O2. The quantitative estimate of drug-likeness (QED) is 0.682. The van der Waals surface area contributed by atoms with E-state index in [1.54, 1.807) is 6.07 Å². The fourth-order valence-electron chi connectivity index (χ4n) is 3.50. The minimum Gasteiger partial charge on any atom is -0.481 e. The molecule has 2 bridgehead atoms. The van der Waals surface area contributed by atoms with Gasteiger partial charge in [-0.05, 0) is 31.7 Å². The number of benzene rings is 1. The molecule has 3 unspecified atom stereocenters. The fourth-order valence-corrected chi connectivity index (χ4v) is 3.73. The summed E-state index contributed by atoms with van der Waals surface area (Å²) in [7, 11) is 0. The molecule has 1 aromatic rings. The van der Waals surface area contributed by atoms with E-state index in [2.05, 4.69) is 0 Å². The number of hydrogen-bond donors (Lipinski definition) is 1. The summed E-state index contributed by atoms with van der Waals surface area (Å²) in [4.78, 5) is 22.4. The van der Waals surface area contributed by atoms with Crippen molar-refractivity contribution in [2.24, 2.45) is 5.41 Å². The van der Waals surface area contributed by atoms with E-state index in [4.69, 9.17) is 16.3 Å². The number of aliphatic carboxylic acids is 1. The van der Waals surface area contributed by atoms with Gasteiger partial charge >= 0.3 is 5.97 Å². The first-order valence-electron chi connectivity index (χ1n) is 6.74. The van der Waals surface area contributed by atoms with E-state index in [1.807, 2.05) is 0 Å². The Hall–Kier alpha value is -1.66. The maximum atomic E-state index is 11.8. The number of fused-ring (bicyclic) bond motifs is 2. The van der Waals surface area contributed by atoms with Crippen LogP contribution in [0.1, 0.15) is 24.8 Å². The summed E-state index contributed by atoms with van der Waals surface area (Å²) in [6.07, 6.45) is 1.48. The number of nitrogens with zero attached hydrogens (tertiary/aromatic N) is 1. The zero-order valence-electron chi connectivity index (χ0n) is 11.1. The second-order valence-electron chi connectivity index (χ2n) is 5.66. The molecule has 3 atom stereocenters. The first-order valence-corrected chi connectivity index (χ1v) is 7.12. The van der Waals surface area contributed by atoms with Crippen LogP contribution in [0.2, 0.25) is 5.02 Å². The van der Waals surface area contributed by atoms with Gasteiger partial charge in [0.25, 0.3) is 5.69 Å². The molecular formula is C14H14ClNO5. The van der Waals surface area contributed by atoms with E-state index in [0.717, 1.165) is 6.42 Å². The number of hydrogen-bond acceptors (Lipinski definition) is 4. The Bertz CT molecular complexity index is 619. The second-order valence-corrected chi connectivity index (χ2v) is 6.07. The lowest BCUT2D eigenvalue weighted by Gasteiger charge is -2.31. The van der Waals surface area contributed by atoms with Crippen LogP contribution in [0.5, 0.6) is 0 Å². The molecule has 0 saturated carbocycles. The Kier molecular flexibility index (Phi) is 3.37. The van der Waals surface area contributed by atoms with Crippen LogP contribution in [0.25, 0.3) is 0 Å². The zero-order valence-corrected chi connectivity index (χ0v) is 11.9. The van der Waals surface area contributed by atoms with Gasteiger partial charge in [0.2, 0.25) is 0 Å². The normalized spacial score (nSPS) is 30.5. The number of carboxylic acid groups (broad SMARTS) is 1. The number of halogens is 1. The van der Waals surface area contributed by atoms with Gasteiger partial charge in [-0.2, -0.15) is 0 Å². The molecule has 2 fully saturated rings. The standard InChI is InChI=1S/C14H14ClNO5/c15-10-2-1-3-11(16(19)20)9(10)7-14(13(17)18)6-8-4-5-12(14)21-8/h1-3,8,12H,4-7H2,(H,17,18). The molecule has 1 N–H and O–H groups in total. The summed E-state index contributed by atoms with van der Waals surface area (Å²) in [5.74, 6) is -0.969. The summed E-state index contributed by atoms with van der Waals surface area (Å²) >= 11 is 6.08. The Morgan fingerprint density at radius 1 is 1.52 bits per heavy atom. The van der Waals surface area contributed by atoms with E-state index in [9.17, 15) is 20.0 Å². The molecule has 1 aromatic carbocycles. The zero-order chi connectivity index (χ0) is 15.2. The van der Waals surface area contributed by atoms with E-state index >= 15 is 0 Å². The van der Waals surface area contributed by atoms with Gasteiger partial charge in [0.1, 0.15) is 5.41 Å². The van der Waals surface area contributed by atoms with Gasteiger partial charge in [-0.25, -0.2) is 0 Å². The van der Waals surface area contributed by atoms with Crippen molar-refractivity contribution in [3.63, 3.8) is 0 Å². The van der Waals surface area contributed by atoms with Gasteiger partial charge in [-0.15, -0.1) is 0 Å². The molecule has 0 aliphatic carbocycles. The van der Waals surface area contributed by atoms with Crippen LogP contribution in [0.3, 0.4) is 0 Å². The van der Waals surface area contributed by atoms with Crippen molar-refractivity contribution >= 4 is 23.3 Å². The summed E-state index contributed by atoms with van der Waals surface area (Å²) in [6, 6.07) is 4.40. The van der Waals surface area contributed by atoms with Crippen molar-refractivity contribution in [2.75, 3.05) is 0 Å². The summed E-state index contributed by atoms with van der Waals surface area (Å²) in [5.41, 5.74) is -0.966. The summed E-state index contributed by atoms with van der Waals surface area (Å²) < 4.78 is 5.67. The summed E-state index contributed by atoms with van der Waals surface area (Å²) in [5, 5.41) is 21.1. The molecule has 0 amide bonds. The maximum absolute atomic E-state index is 11.8. The van der Waals surface area contributed by atoms with Gasteiger partial charge in [0, 0.05) is 11.6 Å². The largest absolute Gasteiger partial charge is 0.481 e. The molecule has 0 spiro atoms. The lowest BCUT2D eigenvalue weighted by atomic mass is 9.70. The van der Waals surface area contributed by atoms with Crippen molar-refractivity contribution in [2.45, 2.75) is 37.9 Å². The Balaban J connectivity index is 2.02. The predicted molar refractivity (Wildman–Crippen MR) is 74.4 cm³/mol. The predicted octanol–water partition coefficient (Wildman–Crippen LogP) is 2.81. The van der Waals surface area contributed by atoms with Gasteiger partial charge < -0.3 is 9.84 Å². The second kappa shape index (κ2) is 4.96. The molecule has 7 heteroatoms. The van der Waals surface area contributed by atoms with E-state index in [0.29, 0.717) is 12.8 Å². The first kappa shape index (κ1) is 14.3. The van der Waals surface area contributed by atoms with Gasteiger partial charge in [0.05, 0.1) is 22.2 Å². The molecule has 2 aliphatic rings. The van der Waals surface area contributed by atoms with Crippen molar-refractivity contribution in [3.8, 4) is 0 Å². The lowest BCUT2D eigenvalue weighted by molar-refractivity contribution is -0.385. The van der Waals surface area contributed by atoms with E-state index in [-0.39, 0.29) is 28.8 Å². The van der Waals surface area contributed by atoms with Crippen LogP contribution in [-0.4, -0.2) is 28.2 Å². The maximum Gasteiger partial charge on any atom is 0.312 e. The van der Waals surface area contributed by atoms with Crippen molar-refractivity contribution in [3.05, 3.63) is 38.9 Å². The van der Waals surface area contributed by atoms with E-state index in [1.165, 1.54) is 12.1 Å². The Morgan fingerprint density at radius 2 is 2.29 bits per heavy atom. The number of carboxylic acids is 1. The number of ether oxygens (including phenoxy) is 1. The lowest BCUT2D eigenvalue weighted by Crippen LogP contribution is -2.42. The molecule has 112 valence electrons. The summed E-state index contributed by atoms with van der Waals surface area (Å²) in [6.45, 7) is 0. The van der Waals surface area contributed by atoms with E-state index < -0.39 is 22.4 Å². The highest BCUT2D eigenvalue weighted by Gasteiger charge is 2.57. The van der Waals surface area contributed by atoms with Gasteiger partial charge in [0.15, 0.2) is 0 Å². The fraction of sp³-hybridized carbons (Fsp3) is 0.500. The van der Waals surface area contributed by atoms with Gasteiger partial charge in [-0.3, -0.25) is 14.9 Å². The topological polar surface area (TPSA) is 89.7 Å². The minimum absolute atomic E-state index is 0.0273. The van der Waals surface area contributed by atoms with Crippen molar-refractivity contribution < 1.29 is 19.6 Å². The minimum atomic E-state index is -1.11. The smallest absolute Gasteiger partial charge is 0.312 e. The number of rotatable bonds is 4. The number of nitro benzene ring substituents is 1. The molecule has 6 nitrogen and oxygen atoms in total. The monoisotopic (exact) mass is 311 g/mol. The molecule has 2 heterocycles. The molecule has 21 heavy (non-hydrogen) atoms. The third-order valence-corrected chi connectivity index (χ3v) is 4.88. The highest BCUT2D eigenvalue weighted by atomic mass is 35.5. The van der Waals surface area contributed by atoms with Crippen LogP contribution >= 0.6 is 11.6 Å². The van der Waals surface area contributed by atoms with Crippen LogP contribution in [0, 0.1) is 15.5 Å². The molecule has 3 rings (SSSR count). The molecule has 0 radical (unpaired) electrons. The molecular weight excluding hydrogens is 298 g/mol. The van der Waals surface area contributed by atoms with Crippen LogP contribution in [-0.2, 0) is 16.0 Å². The van der Waals surface area contributed by atoms with Gasteiger partial charge in [-0.1, -0.05) is 17.7 Å². The van der Waals surface area contributed by atoms with Crippen molar-refractivity contribution in [1.82, 2.24) is 0 Å². The highest BCUT2D eigenvalue weighted by molar-refractivity contribution is 6.31. The number of nitro groups is 1. The van der Waals surface area contributed by atoms with Crippen LogP contribution in [0.4, 0.5) is 5.69 Å². The first-order chi connectivity index (χ1) is 9.94. The third kappa shape index (κ3) is 2.18.